The van der Waals surface area contributed by atoms with Crippen LogP contribution in [0.15, 0.2) is 48.5 Å². The summed E-state index contributed by atoms with van der Waals surface area (Å²) in [4.78, 5) is 26.2. The topological polar surface area (TPSA) is 49.4 Å². The summed E-state index contributed by atoms with van der Waals surface area (Å²) in [6.07, 6.45) is 1.42. The van der Waals surface area contributed by atoms with Crippen LogP contribution in [0.3, 0.4) is 0 Å². The van der Waals surface area contributed by atoms with E-state index in [-0.39, 0.29) is 23.7 Å². The Kier molecular flexibility index (Phi) is 3.99. The van der Waals surface area contributed by atoms with Crippen molar-refractivity contribution in [2.75, 3.05) is 13.1 Å². The third kappa shape index (κ3) is 3.14. The van der Waals surface area contributed by atoms with Gasteiger partial charge in [-0.2, -0.15) is 0 Å². The second-order valence-corrected chi connectivity index (χ2v) is 6.77. The fraction of sp³-hybridized carbons (Fsp3) is 0.300. The van der Waals surface area contributed by atoms with Gasteiger partial charge in [0, 0.05) is 31.1 Å². The molecule has 2 aliphatic heterocycles. The van der Waals surface area contributed by atoms with Crippen LogP contribution >= 0.6 is 0 Å². The average Bonchev–Trinajstić information content (AvgIpc) is 3.00. The normalized spacial score (nSPS) is 22.4. The monoisotopic (exact) mass is 338 g/mol. The van der Waals surface area contributed by atoms with E-state index in [4.69, 9.17) is 0 Å². The zero-order chi connectivity index (χ0) is 17.4. The quantitative estimate of drug-likeness (QED) is 0.915. The van der Waals surface area contributed by atoms with Gasteiger partial charge in [-0.05, 0) is 47.7 Å². The highest BCUT2D eigenvalue weighted by Gasteiger charge is 2.38. The number of benzene rings is 2. The molecule has 5 heteroatoms. The smallest absolute Gasteiger partial charge is 0.253 e. The largest absolute Gasteiger partial charge is 0.351 e. The van der Waals surface area contributed by atoms with Crippen molar-refractivity contribution in [2.24, 2.45) is 5.92 Å². The van der Waals surface area contributed by atoms with Crippen LogP contribution in [0.5, 0.6) is 0 Å². The fourth-order valence-corrected chi connectivity index (χ4v) is 3.78. The predicted octanol–water partition coefficient (Wildman–Crippen LogP) is 2.84. The van der Waals surface area contributed by atoms with Gasteiger partial charge in [0.2, 0.25) is 5.91 Å². The first-order valence-electron chi connectivity index (χ1n) is 8.55. The van der Waals surface area contributed by atoms with Crippen LogP contribution in [0.2, 0.25) is 0 Å². The average molecular weight is 338 g/mol. The molecule has 0 aromatic heterocycles. The number of fused-ring (bicyclic) bond motifs is 1. The van der Waals surface area contributed by atoms with Crippen molar-refractivity contribution in [3.8, 4) is 11.1 Å². The minimum absolute atomic E-state index is 0.0437. The Balaban J connectivity index is 1.55. The molecule has 2 amide bonds. The maximum atomic E-state index is 13.4. The molecule has 1 N–H and O–H groups in total. The molecule has 4 nitrogen and oxygen atoms in total. The van der Waals surface area contributed by atoms with Crippen molar-refractivity contribution in [3.63, 3.8) is 0 Å². The Morgan fingerprint density at radius 1 is 1.12 bits per heavy atom. The molecule has 4 rings (SSSR count). The van der Waals surface area contributed by atoms with Gasteiger partial charge in [-0.3, -0.25) is 9.59 Å². The lowest BCUT2D eigenvalue weighted by Gasteiger charge is -2.34. The molecular formula is C20H19FN2O2. The van der Waals surface area contributed by atoms with Crippen molar-refractivity contribution in [3.05, 3.63) is 59.9 Å². The molecule has 2 saturated heterocycles. The summed E-state index contributed by atoms with van der Waals surface area (Å²) < 4.78 is 13.4. The molecule has 0 spiro atoms. The van der Waals surface area contributed by atoms with Crippen molar-refractivity contribution in [1.29, 1.82) is 0 Å². The Morgan fingerprint density at radius 2 is 1.88 bits per heavy atom. The van der Waals surface area contributed by atoms with Gasteiger partial charge in [0.05, 0.1) is 0 Å². The van der Waals surface area contributed by atoms with E-state index in [1.165, 1.54) is 12.1 Å². The van der Waals surface area contributed by atoms with Gasteiger partial charge in [0.1, 0.15) is 5.82 Å². The molecular weight excluding hydrogens is 319 g/mol. The van der Waals surface area contributed by atoms with Crippen molar-refractivity contribution in [2.45, 2.75) is 18.9 Å². The molecule has 2 aromatic rings. The molecule has 128 valence electrons. The third-order valence-electron chi connectivity index (χ3n) is 5.10. The third-order valence-corrected chi connectivity index (χ3v) is 5.10. The maximum Gasteiger partial charge on any atom is 0.253 e. The van der Waals surface area contributed by atoms with Gasteiger partial charge in [0.15, 0.2) is 0 Å². The number of likely N-dealkylation sites (tertiary alicyclic amines) is 1. The zero-order valence-corrected chi connectivity index (χ0v) is 13.7. The molecule has 0 aliphatic carbocycles. The highest BCUT2D eigenvalue weighted by atomic mass is 19.1. The number of nitrogens with zero attached hydrogens (tertiary/aromatic N) is 1. The van der Waals surface area contributed by atoms with Gasteiger partial charge in [-0.25, -0.2) is 4.39 Å². The number of nitrogens with one attached hydrogen (secondary N) is 1. The standard InChI is InChI=1S/C20H19FN2O2/c21-17-6-2-4-14(10-17)13-3-1-5-16(9-13)20(25)23-8-7-15-11-19(24)22-18(15)12-23/h1-6,9-10,15,18H,7-8,11-12H2,(H,22,24)/t15-,18-/m1/s1. The number of carbonyl (C=O) groups is 2. The molecule has 2 aromatic carbocycles. The molecule has 25 heavy (non-hydrogen) atoms. The summed E-state index contributed by atoms with van der Waals surface area (Å²) in [5.74, 6) is 0.0821. The molecule has 2 aliphatic rings. The summed E-state index contributed by atoms with van der Waals surface area (Å²) >= 11 is 0. The van der Waals surface area contributed by atoms with Crippen LogP contribution < -0.4 is 5.32 Å². The second-order valence-electron chi connectivity index (χ2n) is 6.77. The summed E-state index contributed by atoms with van der Waals surface area (Å²) in [7, 11) is 0. The van der Waals surface area contributed by atoms with Crippen LogP contribution in [0.25, 0.3) is 11.1 Å². The Hall–Kier alpha value is -2.69. The van der Waals surface area contributed by atoms with Gasteiger partial charge < -0.3 is 10.2 Å². The number of halogens is 1. The predicted molar refractivity (Wildman–Crippen MR) is 92.4 cm³/mol. The van der Waals surface area contributed by atoms with E-state index in [0.717, 1.165) is 17.5 Å². The van der Waals surface area contributed by atoms with Crippen LogP contribution in [0.1, 0.15) is 23.2 Å². The van der Waals surface area contributed by atoms with E-state index in [2.05, 4.69) is 5.32 Å². The van der Waals surface area contributed by atoms with E-state index in [1.54, 1.807) is 23.1 Å². The number of rotatable bonds is 2. The first-order valence-corrected chi connectivity index (χ1v) is 8.55. The Morgan fingerprint density at radius 3 is 2.68 bits per heavy atom. The van der Waals surface area contributed by atoms with E-state index >= 15 is 0 Å². The second kappa shape index (κ2) is 6.31. The first-order chi connectivity index (χ1) is 12.1. The van der Waals surface area contributed by atoms with Crippen LogP contribution in [0, 0.1) is 11.7 Å². The Bertz CT molecular complexity index is 836. The number of hydrogen-bond donors (Lipinski definition) is 1. The summed E-state index contributed by atoms with van der Waals surface area (Å²) in [5, 5.41) is 2.96. The lowest BCUT2D eigenvalue weighted by atomic mass is 9.92. The minimum Gasteiger partial charge on any atom is -0.351 e. The lowest BCUT2D eigenvalue weighted by molar-refractivity contribution is -0.119. The summed E-state index contributed by atoms with van der Waals surface area (Å²) in [5.41, 5.74) is 2.15. The van der Waals surface area contributed by atoms with Crippen LogP contribution in [0.4, 0.5) is 4.39 Å². The van der Waals surface area contributed by atoms with Crippen LogP contribution in [-0.2, 0) is 4.79 Å². The van der Waals surface area contributed by atoms with Crippen molar-refractivity contribution < 1.29 is 14.0 Å². The zero-order valence-electron chi connectivity index (χ0n) is 13.7. The molecule has 0 bridgehead atoms. The SMILES string of the molecule is O=C1C[C@H]2CCN(C(=O)c3cccc(-c4cccc(F)c4)c3)C[C@H]2N1. The Labute approximate surface area is 145 Å². The summed E-state index contributed by atoms with van der Waals surface area (Å²) in [6, 6.07) is 13.7. The molecule has 2 heterocycles. The number of carbonyl (C=O) groups excluding carboxylic acids is 2. The fourth-order valence-electron chi connectivity index (χ4n) is 3.78. The van der Waals surface area contributed by atoms with Gasteiger partial charge in [-0.1, -0.05) is 24.3 Å². The van der Waals surface area contributed by atoms with Gasteiger partial charge >= 0.3 is 0 Å². The minimum atomic E-state index is -0.298. The molecule has 0 unspecified atom stereocenters. The molecule has 2 atom stereocenters. The van der Waals surface area contributed by atoms with E-state index < -0.39 is 0 Å². The van der Waals surface area contributed by atoms with Crippen molar-refractivity contribution >= 4 is 11.8 Å². The van der Waals surface area contributed by atoms with Crippen LogP contribution in [-0.4, -0.2) is 35.8 Å². The van der Waals surface area contributed by atoms with Gasteiger partial charge in [-0.15, -0.1) is 0 Å². The van der Waals surface area contributed by atoms with E-state index in [0.29, 0.717) is 31.0 Å². The maximum absolute atomic E-state index is 13.4. The molecule has 2 fully saturated rings. The molecule has 0 radical (unpaired) electrons. The van der Waals surface area contributed by atoms with Crippen molar-refractivity contribution in [1.82, 2.24) is 10.2 Å². The van der Waals surface area contributed by atoms with Gasteiger partial charge in [0.25, 0.3) is 5.91 Å². The summed E-state index contributed by atoms with van der Waals surface area (Å²) in [6.45, 7) is 1.22. The lowest BCUT2D eigenvalue weighted by Crippen LogP contribution is -2.49. The molecule has 0 saturated carbocycles. The number of hydrogen-bond acceptors (Lipinski definition) is 2. The number of amides is 2. The highest BCUT2D eigenvalue weighted by Crippen LogP contribution is 2.27. The van der Waals surface area contributed by atoms with E-state index in [9.17, 15) is 14.0 Å². The first kappa shape index (κ1) is 15.8. The number of piperidine rings is 1. The highest BCUT2D eigenvalue weighted by molar-refractivity contribution is 5.95. The van der Waals surface area contributed by atoms with E-state index in [1.807, 2.05) is 18.2 Å².